The second kappa shape index (κ2) is 8.39. The molecular formula is C24H20ClF3N4O3. The van der Waals surface area contributed by atoms with E-state index in [9.17, 15) is 18.3 Å². The average molecular weight is 505 g/mol. The monoisotopic (exact) mass is 504 g/mol. The van der Waals surface area contributed by atoms with E-state index in [4.69, 9.17) is 20.8 Å². The lowest BCUT2D eigenvalue weighted by Crippen LogP contribution is -2.35. The fourth-order valence-electron chi connectivity index (χ4n) is 4.43. The highest BCUT2D eigenvalue weighted by Gasteiger charge is 2.42. The van der Waals surface area contributed by atoms with Gasteiger partial charge >= 0.3 is 6.18 Å². The predicted octanol–water partition coefficient (Wildman–Crippen LogP) is 5.62. The molecule has 0 aliphatic carbocycles. The summed E-state index contributed by atoms with van der Waals surface area (Å²) in [7, 11) is 1.53. The van der Waals surface area contributed by atoms with Crippen LogP contribution >= 0.6 is 11.6 Å². The molecule has 2 aromatic heterocycles. The highest BCUT2D eigenvalue weighted by Crippen LogP contribution is 2.43. The number of fused-ring (bicyclic) bond motifs is 1. The number of oxazole rings is 1. The molecule has 0 radical (unpaired) electrons. The summed E-state index contributed by atoms with van der Waals surface area (Å²) in [5.41, 5.74) is -1.34. The number of aliphatic hydroxyl groups is 1. The first-order valence-corrected chi connectivity index (χ1v) is 11.1. The zero-order chi connectivity index (χ0) is 25.0. The summed E-state index contributed by atoms with van der Waals surface area (Å²) < 4.78 is 53.2. The van der Waals surface area contributed by atoms with Crippen LogP contribution < -0.4 is 4.74 Å². The normalized spacial score (nSPS) is 17.9. The van der Waals surface area contributed by atoms with Crippen molar-refractivity contribution in [2.24, 2.45) is 0 Å². The number of halogens is 4. The third kappa shape index (κ3) is 3.96. The standard InChI is InChI=1S/C24H20ClF3N4O3/c1-13-29-12-20(35-13)16-6-4-14(10-19(16)34-2)21-30-31-22-23(33,8-3-9-32(21)22)15-5-7-18(25)17(11-15)24(26,27)28/h4-7,10-12,33H,3,8-9H2,1-2H3. The summed E-state index contributed by atoms with van der Waals surface area (Å²) in [5.74, 6) is 2.22. The van der Waals surface area contributed by atoms with E-state index in [1.165, 1.54) is 13.2 Å². The van der Waals surface area contributed by atoms with Crippen LogP contribution in [-0.4, -0.2) is 32.0 Å². The summed E-state index contributed by atoms with van der Waals surface area (Å²) in [6, 6.07) is 8.79. The van der Waals surface area contributed by atoms with Crippen LogP contribution in [0.5, 0.6) is 5.75 Å². The molecule has 11 heteroatoms. The summed E-state index contributed by atoms with van der Waals surface area (Å²) in [5, 5.41) is 19.6. The summed E-state index contributed by atoms with van der Waals surface area (Å²) >= 11 is 5.78. The van der Waals surface area contributed by atoms with Gasteiger partial charge in [0.15, 0.2) is 23.3 Å². The van der Waals surface area contributed by atoms with Gasteiger partial charge in [-0.3, -0.25) is 0 Å². The quantitative estimate of drug-likeness (QED) is 0.388. The topological polar surface area (TPSA) is 86.2 Å². The van der Waals surface area contributed by atoms with Crippen molar-refractivity contribution >= 4 is 11.6 Å². The molecule has 35 heavy (non-hydrogen) atoms. The van der Waals surface area contributed by atoms with Crippen molar-refractivity contribution in [2.45, 2.75) is 38.1 Å². The number of rotatable bonds is 4. The van der Waals surface area contributed by atoms with E-state index in [0.717, 1.165) is 12.1 Å². The number of hydrogen-bond acceptors (Lipinski definition) is 6. The van der Waals surface area contributed by atoms with Gasteiger partial charge in [-0.2, -0.15) is 13.2 Å². The maximum absolute atomic E-state index is 13.4. The van der Waals surface area contributed by atoms with Gasteiger partial charge in [0.05, 0.1) is 29.5 Å². The molecule has 5 rings (SSSR count). The Bertz CT molecular complexity index is 1420. The first kappa shape index (κ1) is 23.4. The molecular weight excluding hydrogens is 485 g/mol. The fraction of sp³-hybridized carbons (Fsp3) is 0.292. The summed E-state index contributed by atoms with van der Waals surface area (Å²) in [6.07, 6.45) is -2.35. The van der Waals surface area contributed by atoms with Crippen LogP contribution in [0.15, 0.2) is 47.0 Å². The van der Waals surface area contributed by atoms with Gasteiger partial charge in [0.2, 0.25) is 0 Å². The number of aryl methyl sites for hydroxylation is 1. The molecule has 1 unspecified atom stereocenters. The Hall–Kier alpha value is -3.37. The fourth-order valence-corrected chi connectivity index (χ4v) is 4.66. The minimum atomic E-state index is -4.66. The molecule has 1 aliphatic heterocycles. The van der Waals surface area contributed by atoms with E-state index in [0.29, 0.717) is 47.3 Å². The molecule has 0 saturated carbocycles. The second-order valence-electron chi connectivity index (χ2n) is 8.31. The van der Waals surface area contributed by atoms with Gasteiger partial charge in [-0.05, 0) is 42.7 Å². The molecule has 0 amide bonds. The minimum absolute atomic E-state index is 0.0581. The Morgan fingerprint density at radius 1 is 1.17 bits per heavy atom. The average Bonchev–Trinajstić information content (AvgIpc) is 3.45. The SMILES string of the molecule is COc1cc(-c2nnc3n2CCCC3(O)c2ccc(Cl)c(C(F)(F)F)c2)ccc1-c1cnc(C)o1. The van der Waals surface area contributed by atoms with E-state index < -0.39 is 22.4 Å². The first-order valence-electron chi connectivity index (χ1n) is 10.8. The predicted molar refractivity (Wildman–Crippen MR) is 121 cm³/mol. The molecule has 2 aromatic carbocycles. The van der Waals surface area contributed by atoms with Crippen LogP contribution in [0.2, 0.25) is 5.02 Å². The third-order valence-electron chi connectivity index (χ3n) is 6.14. The Morgan fingerprint density at radius 3 is 2.66 bits per heavy atom. The van der Waals surface area contributed by atoms with E-state index >= 15 is 0 Å². The van der Waals surface area contributed by atoms with Gasteiger partial charge in [-0.1, -0.05) is 23.7 Å². The number of alkyl halides is 3. The van der Waals surface area contributed by atoms with Crippen molar-refractivity contribution in [2.75, 3.05) is 7.11 Å². The maximum Gasteiger partial charge on any atom is 0.417 e. The molecule has 182 valence electrons. The Balaban J connectivity index is 1.58. The number of benzene rings is 2. The molecule has 0 saturated heterocycles. The van der Waals surface area contributed by atoms with Crippen molar-refractivity contribution < 1.29 is 27.4 Å². The van der Waals surface area contributed by atoms with Gasteiger partial charge in [-0.25, -0.2) is 4.98 Å². The Labute approximate surface area is 203 Å². The van der Waals surface area contributed by atoms with Crippen molar-refractivity contribution in [3.63, 3.8) is 0 Å². The Morgan fingerprint density at radius 2 is 1.97 bits per heavy atom. The molecule has 0 fully saturated rings. The second-order valence-corrected chi connectivity index (χ2v) is 8.72. The molecule has 0 spiro atoms. The van der Waals surface area contributed by atoms with Crippen LogP contribution in [0.4, 0.5) is 13.2 Å². The molecule has 0 bridgehead atoms. The van der Waals surface area contributed by atoms with Crippen LogP contribution in [0.1, 0.15) is 35.7 Å². The zero-order valence-electron chi connectivity index (χ0n) is 18.7. The van der Waals surface area contributed by atoms with Crippen molar-refractivity contribution in [3.8, 4) is 28.5 Å². The Kier molecular flexibility index (Phi) is 5.60. The number of hydrogen-bond donors (Lipinski definition) is 1. The van der Waals surface area contributed by atoms with E-state index in [1.54, 1.807) is 29.8 Å². The van der Waals surface area contributed by atoms with Gasteiger partial charge in [0.25, 0.3) is 0 Å². The van der Waals surface area contributed by atoms with Crippen LogP contribution in [0, 0.1) is 6.92 Å². The molecule has 3 heterocycles. The van der Waals surface area contributed by atoms with Gasteiger partial charge in [0.1, 0.15) is 11.4 Å². The molecule has 1 N–H and O–H groups in total. The number of nitrogens with zero attached hydrogens (tertiary/aromatic N) is 4. The highest BCUT2D eigenvalue weighted by molar-refractivity contribution is 6.31. The van der Waals surface area contributed by atoms with Crippen molar-refractivity contribution in [3.05, 3.63) is 70.5 Å². The van der Waals surface area contributed by atoms with E-state index in [2.05, 4.69) is 15.2 Å². The number of aromatic nitrogens is 4. The van der Waals surface area contributed by atoms with Gasteiger partial charge in [-0.15, -0.1) is 10.2 Å². The van der Waals surface area contributed by atoms with Crippen molar-refractivity contribution in [1.82, 2.24) is 19.7 Å². The lowest BCUT2D eigenvalue weighted by molar-refractivity contribution is -0.137. The zero-order valence-corrected chi connectivity index (χ0v) is 19.5. The van der Waals surface area contributed by atoms with E-state index in [1.807, 2.05) is 6.07 Å². The molecule has 1 aliphatic rings. The molecule has 4 aromatic rings. The summed E-state index contributed by atoms with van der Waals surface area (Å²) in [6.45, 7) is 2.23. The van der Waals surface area contributed by atoms with Crippen molar-refractivity contribution in [1.29, 1.82) is 0 Å². The molecule has 7 nitrogen and oxygen atoms in total. The summed E-state index contributed by atoms with van der Waals surface area (Å²) in [4.78, 5) is 4.11. The van der Waals surface area contributed by atoms with Gasteiger partial charge in [0, 0.05) is 19.0 Å². The van der Waals surface area contributed by atoms with Crippen LogP contribution in [-0.2, 0) is 18.3 Å². The van der Waals surface area contributed by atoms with Crippen LogP contribution in [0.3, 0.4) is 0 Å². The first-order chi connectivity index (χ1) is 16.6. The smallest absolute Gasteiger partial charge is 0.417 e. The lowest BCUT2D eigenvalue weighted by atomic mass is 9.85. The maximum atomic E-state index is 13.4. The minimum Gasteiger partial charge on any atom is -0.496 e. The van der Waals surface area contributed by atoms with Crippen LogP contribution in [0.25, 0.3) is 22.7 Å². The van der Waals surface area contributed by atoms with E-state index in [-0.39, 0.29) is 17.8 Å². The highest BCUT2D eigenvalue weighted by atomic mass is 35.5. The third-order valence-corrected chi connectivity index (χ3v) is 6.47. The largest absolute Gasteiger partial charge is 0.496 e. The number of ether oxygens (including phenoxy) is 1. The van der Waals surface area contributed by atoms with Gasteiger partial charge < -0.3 is 18.8 Å². The molecule has 1 atom stereocenters. The number of methoxy groups -OCH3 is 1. The lowest BCUT2D eigenvalue weighted by Gasteiger charge is -2.33.